The summed E-state index contributed by atoms with van der Waals surface area (Å²) >= 11 is 3.45. The third kappa shape index (κ3) is 1.93. The molecule has 0 radical (unpaired) electrons. The summed E-state index contributed by atoms with van der Waals surface area (Å²) < 4.78 is 0.972. The van der Waals surface area contributed by atoms with E-state index in [-0.39, 0.29) is 11.8 Å². The van der Waals surface area contributed by atoms with Crippen LogP contribution in [0.2, 0.25) is 0 Å². The van der Waals surface area contributed by atoms with Gasteiger partial charge in [-0.1, -0.05) is 26.0 Å². The molecule has 0 fully saturated rings. The Labute approximate surface area is 98.2 Å². The molecule has 80 valence electrons. The van der Waals surface area contributed by atoms with Crippen LogP contribution in [-0.4, -0.2) is 5.91 Å². The molecule has 1 aromatic rings. The zero-order valence-corrected chi connectivity index (χ0v) is 10.5. The first kappa shape index (κ1) is 10.7. The smallest absolute Gasteiger partial charge is 0.232 e. The number of benzene rings is 1. The van der Waals surface area contributed by atoms with Crippen LogP contribution in [0.15, 0.2) is 22.7 Å². The molecule has 1 aromatic carbocycles. The normalized spacial score (nSPS) is 19.2. The number of carbonyl (C=O) groups is 1. The molecule has 3 heteroatoms. The van der Waals surface area contributed by atoms with Crippen molar-refractivity contribution in [3.05, 3.63) is 28.2 Å². The van der Waals surface area contributed by atoms with Crippen molar-refractivity contribution >= 4 is 27.5 Å². The van der Waals surface area contributed by atoms with Gasteiger partial charge in [-0.15, -0.1) is 0 Å². The first-order chi connectivity index (χ1) is 7.09. The molecule has 1 unspecified atom stereocenters. The number of fused-ring (bicyclic) bond motifs is 1. The van der Waals surface area contributed by atoms with E-state index in [1.807, 2.05) is 18.2 Å². The van der Waals surface area contributed by atoms with Crippen LogP contribution in [-0.2, 0) is 4.79 Å². The zero-order chi connectivity index (χ0) is 11.0. The van der Waals surface area contributed by atoms with Crippen molar-refractivity contribution in [2.45, 2.75) is 26.2 Å². The average Bonchev–Trinajstić information content (AvgIpc) is 2.45. The topological polar surface area (TPSA) is 29.1 Å². The third-order valence-corrected chi connectivity index (χ3v) is 3.35. The van der Waals surface area contributed by atoms with E-state index in [1.165, 1.54) is 0 Å². The second kappa shape index (κ2) is 3.97. The van der Waals surface area contributed by atoms with E-state index in [4.69, 9.17) is 0 Å². The van der Waals surface area contributed by atoms with Gasteiger partial charge in [0.1, 0.15) is 0 Å². The summed E-state index contributed by atoms with van der Waals surface area (Å²) in [5, 5.41) is 2.94. The monoisotopic (exact) mass is 267 g/mol. The van der Waals surface area contributed by atoms with Gasteiger partial charge >= 0.3 is 0 Å². The van der Waals surface area contributed by atoms with E-state index in [2.05, 4.69) is 35.1 Å². The molecule has 0 aromatic heterocycles. The molecule has 1 aliphatic heterocycles. The van der Waals surface area contributed by atoms with Gasteiger partial charge in [0.25, 0.3) is 0 Å². The Morgan fingerprint density at radius 1 is 1.47 bits per heavy atom. The summed E-state index contributed by atoms with van der Waals surface area (Å²) in [6, 6.07) is 5.97. The number of hydrogen-bond acceptors (Lipinski definition) is 1. The Morgan fingerprint density at radius 3 is 2.87 bits per heavy atom. The Kier molecular flexibility index (Phi) is 2.83. The van der Waals surface area contributed by atoms with Crippen molar-refractivity contribution < 1.29 is 4.79 Å². The maximum absolute atomic E-state index is 11.8. The second-order valence-electron chi connectivity index (χ2n) is 4.38. The van der Waals surface area contributed by atoms with Crippen LogP contribution in [0, 0.1) is 5.92 Å². The highest BCUT2D eigenvalue weighted by atomic mass is 79.9. The molecular weight excluding hydrogens is 254 g/mol. The fourth-order valence-electron chi connectivity index (χ4n) is 2.02. The molecule has 1 amide bonds. The molecule has 0 bridgehead atoms. The van der Waals surface area contributed by atoms with Crippen molar-refractivity contribution in [2.24, 2.45) is 5.92 Å². The van der Waals surface area contributed by atoms with Gasteiger partial charge in [0.05, 0.1) is 11.6 Å². The number of nitrogens with one attached hydrogen (secondary N) is 1. The predicted octanol–water partition coefficient (Wildman–Crippen LogP) is 3.53. The molecule has 0 spiro atoms. The minimum atomic E-state index is 0.0255. The van der Waals surface area contributed by atoms with Crippen molar-refractivity contribution in [2.75, 3.05) is 5.32 Å². The Morgan fingerprint density at radius 2 is 2.20 bits per heavy atom. The van der Waals surface area contributed by atoms with Crippen molar-refractivity contribution in [1.29, 1.82) is 0 Å². The molecule has 2 rings (SSSR count). The summed E-state index contributed by atoms with van der Waals surface area (Å²) in [6.07, 6.45) is 0.912. The lowest BCUT2D eigenvalue weighted by Gasteiger charge is -2.11. The fourth-order valence-corrected chi connectivity index (χ4v) is 2.50. The van der Waals surface area contributed by atoms with Gasteiger partial charge in [-0.3, -0.25) is 4.79 Å². The lowest BCUT2D eigenvalue weighted by atomic mass is 9.92. The van der Waals surface area contributed by atoms with E-state index in [1.54, 1.807) is 0 Å². The van der Waals surface area contributed by atoms with Crippen molar-refractivity contribution in [3.8, 4) is 0 Å². The molecule has 2 nitrogen and oxygen atoms in total. The highest BCUT2D eigenvalue weighted by molar-refractivity contribution is 9.10. The molecule has 1 N–H and O–H groups in total. The van der Waals surface area contributed by atoms with E-state index in [9.17, 15) is 4.79 Å². The molecule has 1 heterocycles. The molecule has 0 saturated carbocycles. The zero-order valence-electron chi connectivity index (χ0n) is 8.88. The van der Waals surface area contributed by atoms with Crippen LogP contribution >= 0.6 is 15.9 Å². The van der Waals surface area contributed by atoms with Gasteiger partial charge < -0.3 is 5.32 Å². The van der Waals surface area contributed by atoms with Crippen LogP contribution in [0.25, 0.3) is 0 Å². The number of anilines is 1. The van der Waals surface area contributed by atoms with Crippen LogP contribution in [0.3, 0.4) is 0 Å². The van der Waals surface area contributed by atoms with Crippen LogP contribution in [0.4, 0.5) is 5.69 Å². The molecule has 15 heavy (non-hydrogen) atoms. The summed E-state index contributed by atoms with van der Waals surface area (Å²) in [6.45, 7) is 4.28. The third-order valence-electron chi connectivity index (χ3n) is 2.69. The summed E-state index contributed by atoms with van der Waals surface area (Å²) in [5.41, 5.74) is 2.08. The lowest BCUT2D eigenvalue weighted by Crippen LogP contribution is -2.13. The van der Waals surface area contributed by atoms with Gasteiger partial charge in [-0.25, -0.2) is 0 Å². The van der Waals surface area contributed by atoms with E-state index in [0.717, 1.165) is 22.1 Å². The SMILES string of the molecule is CC(C)CC1C(=O)Nc2c(Br)cccc21. The molecule has 0 aliphatic carbocycles. The standard InChI is InChI=1S/C12H14BrNO/c1-7(2)6-9-8-4-3-5-10(13)11(8)14-12(9)15/h3-5,7,9H,6H2,1-2H3,(H,14,15). The summed E-state index contributed by atoms with van der Waals surface area (Å²) in [7, 11) is 0. The van der Waals surface area contributed by atoms with Crippen LogP contribution < -0.4 is 5.32 Å². The maximum atomic E-state index is 11.8. The van der Waals surface area contributed by atoms with Crippen molar-refractivity contribution in [3.63, 3.8) is 0 Å². The largest absolute Gasteiger partial charge is 0.324 e. The minimum absolute atomic E-state index is 0.0255. The Balaban J connectivity index is 2.37. The first-order valence-electron chi connectivity index (χ1n) is 5.19. The van der Waals surface area contributed by atoms with Gasteiger partial charge in [0, 0.05) is 4.47 Å². The Hall–Kier alpha value is -0.830. The Bertz CT molecular complexity index is 401. The highest BCUT2D eigenvalue weighted by Crippen LogP contribution is 2.40. The van der Waals surface area contributed by atoms with Crippen LogP contribution in [0.1, 0.15) is 31.7 Å². The molecule has 1 atom stereocenters. The number of rotatable bonds is 2. The second-order valence-corrected chi connectivity index (χ2v) is 5.23. The van der Waals surface area contributed by atoms with E-state index >= 15 is 0 Å². The van der Waals surface area contributed by atoms with Gasteiger partial charge in [0.2, 0.25) is 5.91 Å². The first-order valence-corrected chi connectivity index (χ1v) is 5.98. The summed E-state index contributed by atoms with van der Waals surface area (Å²) in [5.74, 6) is 0.689. The van der Waals surface area contributed by atoms with E-state index in [0.29, 0.717) is 5.92 Å². The van der Waals surface area contributed by atoms with Crippen LogP contribution in [0.5, 0.6) is 0 Å². The van der Waals surface area contributed by atoms with Gasteiger partial charge in [-0.2, -0.15) is 0 Å². The number of carbonyl (C=O) groups excluding carboxylic acids is 1. The fraction of sp³-hybridized carbons (Fsp3) is 0.417. The number of hydrogen-bond donors (Lipinski definition) is 1. The highest BCUT2D eigenvalue weighted by Gasteiger charge is 2.31. The maximum Gasteiger partial charge on any atom is 0.232 e. The number of amides is 1. The predicted molar refractivity (Wildman–Crippen MR) is 65.0 cm³/mol. The molecule has 0 saturated heterocycles. The van der Waals surface area contributed by atoms with Gasteiger partial charge in [0.15, 0.2) is 0 Å². The lowest BCUT2D eigenvalue weighted by molar-refractivity contribution is -0.117. The summed E-state index contributed by atoms with van der Waals surface area (Å²) in [4.78, 5) is 11.8. The number of halogens is 1. The molecular formula is C12H14BrNO. The minimum Gasteiger partial charge on any atom is -0.324 e. The average molecular weight is 268 g/mol. The number of para-hydroxylation sites is 1. The molecule has 1 aliphatic rings. The van der Waals surface area contributed by atoms with Crippen molar-refractivity contribution in [1.82, 2.24) is 0 Å². The van der Waals surface area contributed by atoms with E-state index < -0.39 is 0 Å². The quantitative estimate of drug-likeness (QED) is 0.873. The van der Waals surface area contributed by atoms with Gasteiger partial charge in [-0.05, 0) is 39.9 Å².